The third-order valence-electron chi connectivity index (χ3n) is 4.86. The van der Waals surface area contributed by atoms with Crippen molar-refractivity contribution in [2.24, 2.45) is 0 Å². The van der Waals surface area contributed by atoms with Crippen LogP contribution in [0.1, 0.15) is 12.8 Å². The van der Waals surface area contributed by atoms with Crippen molar-refractivity contribution in [1.82, 2.24) is 14.8 Å². The molecule has 1 fully saturated rings. The molecule has 1 aromatic heterocycles. The van der Waals surface area contributed by atoms with Gasteiger partial charge in [0.25, 0.3) is 0 Å². The number of anilines is 2. The number of carboxylic acid groups (broad SMARTS) is 1. The van der Waals surface area contributed by atoms with Crippen LogP contribution in [0, 0.1) is 5.82 Å². The highest BCUT2D eigenvalue weighted by molar-refractivity contribution is 5.88. The number of nitrogens with one attached hydrogen (secondary N) is 2. The predicted molar refractivity (Wildman–Crippen MR) is 107 cm³/mol. The summed E-state index contributed by atoms with van der Waals surface area (Å²) in [5.41, 5.74) is -0.233. The minimum absolute atomic E-state index is 0.158. The first-order valence-electron chi connectivity index (χ1n) is 9.45. The summed E-state index contributed by atoms with van der Waals surface area (Å²) in [4.78, 5) is 31.0. The fourth-order valence-electron chi connectivity index (χ4n) is 3.22. The van der Waals surface area contributed by atoms with Gasteiger partial charge in [0.1, 0.15) is 29.2 Å². The van der Waals surface area contributed by atoms with E-state index in [1.165, 1.54) is 24.4 Å². The molecule has 2 N–H and O–H groups in total. The third-order valence-corrected chi connectivity index (χ3v) is 4.86. The van der Waals surface area contributed by atoms with Crippen LogP contribution in [-0.4, -0.2) is 60.1 Å². The lowest BCUT2D eigenvalue weighted by atomic mass is 10.0. The molecule has 2 aromatic rings. The smallest absolute Gasteiger partial charge is 0.323 e. The van der Waals surface area contributed by atoms with Crippen molar-refractivity contribution in [3.05, 3.63) is 42.3 Å². The molecular formula is C20H23FN5O4-. The zero-order valence-corrected chi connectivity index (χ0v) is 16.7. The zero-order valence-electron chi connectivity index (χ0n) is 16.7. The zero-order chi connectivity index (χ0) is 21.7. The Kier molecular flexibility index (Phi) is 6.68. The summed E-state index contributed by atoms with van der Waals surface area (Å²) in [5.74, 6) is 0.000566. The second-order valence-electron chi connectivity index (χ2n) is 7.14. The Morgan fingerprint density at radius 3 is 2.50 bits per heavy atom. The van der Waals surface area contributed by atoms with Gasteiger partial charge < -0.3 is 29.8 Å². The number of benzene rings is 1. The van der Waals surface area contributed by atoms with Crippen LogP contribution in [0.2, 0.25) is 0 Å². The van der Waals surface area contributed by atoms with E-state index in [-0.39, 0.29) is 17.5 Å². The number of likely N-dealkylation sites (tertiary alicyclic amines) is 1. The van der Waals surface area contributed by atoms with Crippen molar-refractivity contribution in [2.75, 3.05) is 37.8 Å². The average Bonchev–Trinajstić information content (AvgIpc) is 2.70. The predicted octanol–water partition coefficient (Wildman–Crippen LogP) is 2.33. The Morgan fingerprint density at radius 2 is 1.87 bits per heavy atom. The maximum Gasteiger partial charge on any atom is 0.323 e. The standard InChI is InChI=1S/C20H24FN5O4/c1-25(2)13-6-9-26(10-7-13)19(27)24-18-12-15(5-8-22-18)30-14-3-4-17(16(21)11-14)23-20(28)29/h3-5,8,11-13,23H,6-7,9-10H2,1-2H3,(H,28,29)(H,22,24,27)/p-1. The minimum atomic E-state index is -1.61. The fraction of sp³-hybridized carbons (Fsp3) is 0.350. The van der Waals surface area contributed by atoms with E-state index in [0.717, 1.165) is 18.9 Å². The lowest BCUT2D eigenvalue weighted by molar-refractivity contribution is -0.242. The van der Waals surface area contributed by atoms with Gasteiger partial charge in [0.05, 0.1) is 5.69 Å². The van der Waals surface area contributed by atoms with Gasteiger partial charge in [-0.05, 0) is 45.1 Å². The average molecular weight is 416 g/mol. The van der Waals surface area contributed by atoms with Crippen molar-refractivity contribution in [1.29, 1.82) is 0 Å². The number of nitrogens with zero attached hydrogens (tertiary/aromatic N) is 3. The number of hydrogen-bond donors (Lipinski definition) is 2. The van der Waals surface area contributed by atoms with Gasteiger partial charge >= 0.3 is 6.03 Å². The SMILES string of the molecule is CN(C)C1CCN(C(=O)Nc2cc(Oc3ccc(NC(=O)[O-])c(F)c3)ccn2)CC1. The molecule has 0 radical (unpaired) electrons. The third kappa shape index (κ3) is 5.57. The van der Waals surface area contributed by atoms with Gasteiger partial charge in [-0.3, -0.25) is 5.32 Å². The van der Waals surface area contributed by atoms with E-state index in [1.807, 2.05) is 19.4 Å². The number of rotatable bonds is 5. The number of carbonyl (C=O) groups excluding carboxylic acids is 2. The lowest BCUT2D eigenvalue weighted by Crippen LogP contribution is -2.46. The molecule has 0 bridgehead atoms. The summed E-state index contributed by atoms with van der Waals surface area (Å²) < 4.78 is 19.5. The van der Waals surface area contributed by atoms with Crippen molar-refractivity contribution in [3.63, 3.8) is 0 Å². The first kappa shape index (κ1) is 21.3. The van der Waals surface area contributed by atoms with E-state index in [9.17, 15) is 19.1 Å². The second-order valence-corrected chi connectivity index (χ2v) is 7.14. The summed E-state index contributed by atoms with van der Waals surface area (Å²) in [7, 11) is 4.07. The summed E-state index contributed by atoms with van der Waals surface area (Å²) in [5, 5.41) is 15.1. The van der Waals surface area contributed by atoms with Gasteiger partial charge in [-0.1, -0.05) is 0 Å². The van der Waals surface area contributed by atoms with Gasteiger partial charge in [0.2, 0.25) is 0 Å². The molecular weight excluding hydrogens is 393 g/mol. The van der Waals surface area contributed by atoms with Crippen LogP contribution in [0.3, 0.4) is 0 Å². The van der Waals surface area contributed by atoms with E-state index in [2.05, 4.69) is 15.2 Å². The Morgan fingerprint density at radius 1 is 1.17 bits per heavy atom. The van der Waals surface area contributed by atoms with Gasteiger partial charge in [-0.2, -0.15) is 0 Å². The molecule has 2 heterocycles. The molecule has 30 heavy (non-hydrogen) atoms. The maximum absolute atomic E-state index is 13.9. The van der Waals surface area contributed by atoms with Crippen molar-refractivity contribution >= 4 is 23.6 Å². The van der Waals surface area contributed by atoms with Gasteiger partial charge in [-0.15, -0.1) is 0 Å². The first-order chi connectivity index (χ1) is 14.3. The molecule has 1 aliphatic rings. The molecule has 0 aliphatic carbocycles. The molecule has 0 saturated carbocycles. The number of urea groups is 1. The number of amides is 3. The van der Waals surface area contributed by atoms with Crippen LogP contribution in [0.25, 0.3) is 0 Å². The highest BCUT2D eigenvalue weighted by atomic mass is 19.1. The maximum atomic E-state index is 13.9. The summed E-state index contributed by atoms with van der Waals surface area (Å²) >= 11 is 0. The van der Waals surface area contributed by atoms with Crippen LogP contribution in [-0.2, 0) is 0 Å². The summed E-state index contributed by atoms with van der Waals surface area (Å²) in [6.07, 6.45) is 1.67. The Balaban J connectivity index is 1.60. The van der Waals surface area contributed by atoms with Crippen LogP contribution in [0.5, 0.6) is 11.5 Å². The van der Waals surface area contributed by atoms with E-state index in [0.29, 0.717) is 30.7 Å². The molecule has 1 aliphatic heterocycles. The normalized spacial score (nSPS) is 14.5. The summed E-state index contributed by atoms with van der Waals surface area (Å²) in [6.45, 7) is 1.33. The van der Waals surface area contributed by atoms with Gasteiger partial charge in [0, 0.05) is 37.5 Å². The molecule has 10 heteroatoms. The van der Waals surface area contributed by atoms with E-state index >= 15 is 0 Å². The number of piperidine rings is 1. The molecule has 3 rings (SSSR count). The molecule has 3 amide bonds. The summed E-state index contributed by atoms with van der Waals surface area (Å²) in [6, 6.07) is 6.99. The molecule has 1 saturated heterocycles. The van der Waals surface area contributed by atoms with Crippen LogP contribution < -0.4 is 20.5 Å². The molecule has 9 nitrogen and oxygen atoms in total. The molecule has 1 aromatic carbocycles. The van der Waals surface area contributed by atoms with E-state index in [4.69, 9.17) is 4.74 Å². The molecule has 0 atom stereocenters. The van der Waals surface area contributed by atoms with E-state index < -0.39 is 11.9 Å². The number of ether oxygens (including phenoxy) is 1. The van der Waals surface area contributed by atoms with Crippen LogP contribution in [0.15, 0.2) is 36.5 Å². The second kappa shape index (κ2) is 9.40. The number of halogens is 1. The monoisotopic (exact) mass is 416 g/mol. The quantitative estimate of drug-likeness (QED) is 0.774. The highest BCUT2D eigenvalue weighted by Gasteiger charge is 2.24. The number of carbonyl (C=O) groups is 2. The molecule has 0 spiro atoms. The molecule has 0 unspecified atom stereocenters. The topological polar surface area (TPSA) is 110 Å². The first-order valence-corrected chi connectivity index (χ1v) is 9.45. The highest BCUT2D eigenvalue weighted by Crippen LogP contribution is 2.26. The number of hydrogen-bond acceptors (Lipinski definition) is 6. The Labute approximate surface area is 173 Å². The van der Waals surface area contributed by atoms with Crippen molar-refractivity contribution in [3.8, 4) is 11.5 Å². The van der Waals surface area contributed by atoms with Gasteiger partial charge in [0.15, 0.2) is 0 Å². The van der Waals surface area contributed by atoms with Crippen LogP contribution >= 0.6 is 0 Å². The van der Waals surface area contributed by atoms with Crippen molar-refractivity contribution < 1.29 is 23.8 Å². The van der Waals surface area contributed by atoms with Crippen molar-refractivity contribution in [2.45, 2.75) is 18.9 Å². The number of aromatic nitrogens is 1. The largest absolute Gasteiger partial charge is 0.530 e. The Hall–Kier alpha value is -3.40. The lowest BCUT2D eigenvalue weighted by Gasteiger charge is -2.35. The fourth-order valence-corrected chi connectivity index (χ4v) is 3.22. The minimum Gasteiger partial charge on any atom is -0.530 e. The van der Waals surface area contributed by atoms with E-state index in [1.54, 1.807) is 11.0 Å². The molecule has 160 valence electrons. The number of pyridine rings is 1. The van der Waals surface area contributed by atoms with Gasteiger partial charge in [-0.25, -0.2) is 14.2 Å². The Bertz CT molecular complexity index is 916. The van der Waals surface area contributed by atoms with Crippen LogP contribution in [0.4, 0.5) is 25.5 Å².